The van der Waals surface area contributed by atoms with Gasteiger partial charge in [0.15, 0.2) is 23.1 Å². The highest BCUT2D eigenvalue weighted by molar-refractivity contribution is 6.11. The lowest BCUT2D eigenvalue weighted by Crippen LogP contribution is -2.22. The van der Waals surface area contributed by atoms with Gasteiger partial charge in [0.1, 0.15) is 11.5 Å². The van der Waals surface area contributed by atoms with Crippen molar-refractivity contribution < 1.29 is 23.9 Å². The van der Waals surface area contributed by atoms with Crippen molar-refractivity contribution in [3.05, 3.63) is 58.7 Å². The third kappa shape index (κ3) is 5.58. The molecule has 0 fully saturated rings. The highest BCUT2D eigenvalue weighted by atomic mass is 16.5. The Balaban J connectivity index is 2.54. The van der Waals surface area contributed by atoms with Gasteiger partial charge in [0.05, 0.1) is 0 Å². The van der Waals surface area contributed by atoms with Crippen molar-refractivity contribution in [1.29, 1.82) is 0 Å². The minimum atomic E-state index is -0.668. The molecule has 170 valence electrons. The smallest absolute Gasteiger partial charge is 0.169 e. The first kappa shape index (κ1) is 25.2. The van der Waals surface area contributed by atoms with E-state index in [0.29, 0.717) is 33.8 Å². The summed E-state index contributed by atoms with van der Waals surface area (Å²) in [6.07, 6.45) is 0. The van der Waals surface area contributed by atoms with E-state index in [4.69, 9.17) is 4.74 Å². The minimum absolute atomic E-state index is 0.107. The molecule has 2 aromatic carbocycles. The van der Waals surface area contributed by atoms with E-state index in [1.165, 1.54) is 6.92 Å². The molecule has 0 amide bonds. The van der Waals surface area contributed by atoms with Crippen LogP contribution in [0.3, 0.4) is 0 Å². The molecule has 0 N–H and O–H groups in total. The van der Waals surface area contributed by atoms with Gasteiger partial charge in [-0.2, -0.15) is 0 Å². The molecule has 0 saturated carbocycles. The zero-order valence-electron chi connectivity index (χ0n) is 20.2. The Kier molecular flexibility index (Phi) is 7.55. The SMILES string of the molecule is CC(=O)c1ccc(Oc2ccc(C(=O)C(C)C)c(C(=O)C(C)C)c2)cc1C(=O)C(C)(C)C. The number of carbonyl (C=O) groups is 4. The highest BCUT2D eigenvalue weighted by Gasteiger charge is 2.27. The van der Waals surface area contributed by atoms with E-state index in [-0.39, 0.29) is 35.0 Å². The lowest BCUT2D eigenvalue weighted by molar-refractivity contribution is 0.0850. The van der Waals surface area contributed by atoms with Gasteiger partial charge in [0, 0.05) is 39.5 Å². The maximum absolute atomic E-state index is 12.9. The van der Waals surface area contributed by atoms with E-state index in [1.54, 1.807) is 84.9 Å². The molecule has 0 atom stereocenters. The van der Waals surface area contributed by atoms with Crippen molar-refractivity contribution in [2.24, 2.45) is 17.3 Å². The topological polar surface area (TPSA) is 77.5 Å². The number of hydrogen-bond donors (Lipinski definition) is 0. The van der Waals surface area contributed by atoms with Crippen LogP contribution in [0.2, 0.25) is 0 Å². The number of rotatable bonds is 8. The van der Waals surface area contributed by atoms with Crippen molar-refractivity contribution in [3.8, 4) is 11.5 Å². The lowest BCUT2D eigenvalue weighted by atomic mass is 9.84. The molecule has 5 nitrogen and oxygen atoms in total. The van der Waals surface area contributed by atoms with Gasteiger partial charge in [-0.25, -0.2) is 0 Å². The largest absolute Gasteiger partial charge is 0.457 e. The number of benzene rings is 2. The molecule has 0 aliphatic carbocycles. The Morgan fingerprint density at radius 2 is 1.12 bits per heavy atom. The zero-order valence-corrected chi connectivity index (χ0v) is 20.2. The van der Waals surface area contributed by atoms with Crippen LogP contribution < -0.4 is 4.74 Å². The summed E-state index contributed by atoms with van der Waals surface area (Å²) in [7, 11) is 0. The van der Waals surface area contributed by atoms with E-state index in [2.05, 4.69) is 0 Å². The molecule has 32 heavy (non-hydrogen) atoms. The van der Waals surface area contributed by atoms with Crippen molar-refractivity contribution in [3.63, 3.8) is 0 Å². The van der Waals surface area contributed by atoms with Gasteiger partial charge in [0.2, 0.25) is 0 Å². The van der Waals surface area contributed by atoms with Crippen LogP contribution >= 0.6 is 0 Å². The molecule has 0 spiro atoms. The first-order chi connectivity index (χ1) is 14.7. The van der Waals surface area contributed by atoms with Crippen LogP contribution in [-0.4, -0.2) is 23.1 Å². The molecular formula is C27H32O5. The first-order valence-electron chi connectivity index (χ1n) is 10.8. The van der Waals surface area contributed by atoms with Gasteiger partial charge >= 0.3 is 0 Å². The molecule has 0 bridgehead atoms. The Morgan fingerprint density at radius 3 is 1.56 bits per heavy atom. The van der Waals surface area contributed by atoms with Gasteiger partial charge in [-0.05, 0) is 43.3 Å². The van der Waals surface area contributed by atoms with Crippen LogP contribution in [-0.2, 0) is 0 Å². The predicted molar refractivity (Wildman–Crippen MR) is 125 cm³/mol. The second-order valence-electron chi connectivity index (χ2n) is 9.69. The van der Waals surface area contributed by atoms with Gasteiger partial charge < -0.3 is 4.74 Å². The van der Waals surface area contributed by atoms with E-state index in [9.17, 15) is 19.2 Å². The summed E-state index contributed by atoms with van der Waals surface area (Å²) in [6.45, 7) is 13.9. The fraction of sp³-hybridized carbons (Fsp3) is 0.407. The number of ether oxygens (including phenoxy) is 1. The molecule has 0 saturated heterocycles. The Bertz CT molecular complexity index is 1070. The van der Waals surface area contributed by atoms with Gasteiger partial charge in [-0.3, -0.25) is 19.2 Å². The third-order valence-electron chi connectivity index (χ3n) is 5.10. The number of Topliss-reactive ketones (excluding diaryl/α,β-unsaturated/α-hetero) is 4. The van der Waals surface area contributed by atoms with Crippen molar-refractivity contribution in [2.45, 2.75) is 55.4 Å². The Morgan fingerprint density at radius 1 is 0.688 bits per heavy atom. The molecule has 2 rings (SSSR count). The standard InChI is InChI=1S/C27H32O5/c1-15(2)24(29)21-12-10-18(13-22(21)25(30)16(3)4)32-19-9-11-20(17(5)28)23(14-19)26(31)27(6,7)8/h9-16H,1-8H3. The predicted octanol–water partition coefficient (Wildman–Crippen LogP) is 6.59. The number of ketones is 4. The van der Waals surface area contributed by atoms with E-state index < -0.39 is 5.41 Å². The zero-order chi connectivity index (χ0) is 24.4. The average molecular weight is 437 g/mol. The highest BCUT2D eigenvalue weighted by Crippen LogP contribution is 2.31. The van der Waals surface area contributed by atoms with Crippen molar-refractivity contribution in [1.82, 2.24) is 0 Å². The summed E-state index contributed by atoms with van der Waals surface area (Å²) >= 11 is 0. The van der Waals surface area contributed by atoms with Crippen LogP contribution in [0.25, 0.3) is 0 Å². The van der Waals surface area contributed by atoms with E-state index >= 15 is 0 Å². The summed E-state index contributed by atoms with van der Waals surface area (Å²) in [5, 5.41) is 0. The fourth-order valence-electron chi connectivity index (χ4n) is 3.25. The molecule has 0 radical (unpaired) electrons. The monoisotopic (exact) mass is 436 g/mol. The second-order valence-corrected chi connectivity index (χ2v) is 9.69. The summed E-state index contributed by atoms with van der Waals surface area (Å²) in [6, 6.07) is 9.57. The second kappa shape index (κ2) is 9.60. The van der Waals surface area contributed by atoms with Gasteiger partial charge in [-0.15, -0.1) is 0 Å². The Labute approximate surface area is 190 Å². The van der Waals surface area contributed by atoms with Gasteiger partial charge in [0.25, 0.3) is 0 Å². The molecule has 2 aromatic rings. The van der Waals surface area contributed by atoms with Crippen LogP contribution in [0.1, 0.15) is 96.8 Å². The molecule has 0 aliphatic heterocycles. The molecule has 0 aromatic heterocycles. The normalized spacial score (nSPS) is 11.6. The summed E-state index contributed by atoms with van der Waals surface area (Å²) < 4.78 is 5.96. The van der Waals surface area contributed by atoms with Crippen LogP contribution in [0.15, 0.2) is 36.4 Å². The maximum atomic E-state index is 12.9. The summed E-state index contributed by atoms with van der Waals surface area (Å²) in [5.41, 5.74) is 0.668. The maximum Gasteiger partial charge on any atom is 0.169 e. The van der Waals surface area contributed by atoms with Crippen LogP contribution in [0.5, 0.6) is 11.5 Å². The summed E-state index contributed by atoms with van der Waals surface area (Å²) in [5.74, 6) is -0.403. The lowest BCUT2D eigenvalue weighted by Gasteiger charge is -2.19. The minimum Gasteiger partial charge on any atom is -0.457 e. The third-order valence-corrected chi connectivity index (χ3v) is 5.10. The van der Waals surface area contributed by atoms with Gasteiger partial charge in [-0.1, -0.05) is 48.5 Å². The first-order valence-corrected chi connectivity index (χ1v) is 10.8. The number of hydrogen-bond acceptors (Lipinski definition) is 5. The fourth-order valence-corrected chi connectivity index (χ4v) is 3.25. The van der Waals surface area contributed by atoms with E-state index in [1.807, 2.05) is 0 Å². The van der Waals surface area contributed by atoms with E-state index in [0.717, 1.165) is 0 Å². The van der Waals surface area contributed by atoms with Crippen LogP contribution in [0, 0.1) is 17.3 Å². The average Bonchev–Trinajstić information content (AvgIpc) is 2.70. The van der Waals surface area contributed by atoms with Crippen molar-refractivity contribution >= 4 is 23.1 Å². The molecule has 0 aliphatic rings. The summed E-state index contributed by atoms with van der Waals surface area (Å²) in [4.78, 5) is 50.3. The molecule has 0 unspecified atom stereocenters. The van der Waals surface area contributed by atoms with Crippen molar-refractivity contribution in [2.75, 3.05) is 0 Å². The molecular weight excluding hydrogens is 404 g/mol. The quantitative estimate of drug-likeness (QED) is 0.436. The van der Waals surface area contributed by atoms with Crippen LogP contribution in [0.4, 0.5) is 0 Å². The Hall–Kier alpha value is -3.08. The molecule has 5 heteroatoms. The molecule has 0 heterocycles. The number of carbonyl (C=O) groups excluding carboxylic acids is 4.